The molecule has 2 N–H and O–H groups in total. The van der Waals surface area contributed by atoms with Gasteiger partial charge in [-0.25, -0.2) is 4.98 Å². The smallest absolute Gasteiger partial charge is 0.252 e. The third kappa shape index (κ3) is 4.60. The molecular weight excluding hydrogens is 368 g/mol. The summed E-state index contributed by atoms with van der Waals surface area (Å²) in [6.45, 7) is 1.18. The third-order valence-electron chi connectivity index (χ3n) is 5.95. The molecule has 0 radical (unpaired) electrons. The number of nitrogens with zero attached hydrogens (tertiary/aromatic N) is 2. The molecule has 7 heteroatoms. The van der Waals surface area contributed by atoms with Crippen molar-refractivity contribution in [2.75, 3.05) is 19.0 Å². The number of nitrogens with one attached hydrogen (secondary N) is 2. The first-order valence-corrected chi connectivity index (χ1v) is 10.4. The number of anilines is 1. The van der Waals surface area contributed by atoms with Crippen LogP contribution in [0.4, 0.5) is 5.95 Å². The molecule has 154 valence electrons. The highest BCUT2D eigenvalue weighted by Gasteiger charge is 2.36. The molecule has 0 unspecified atom stereocenters. The second kappa shape index (κ2) is 8.68. The normalized spacial score (nSPS) is 20.1. The maximum Gasteiger partial charge on any atom is 0.252 e. The number of carbonyl (C=O) groups excluding carboxylic acids is 1. The monoisotopic (exact) mass is 396 g/mol. The van der Waals surface area contributed by atoms with Crippen LogP contribution in [0.3, 0.4) is 0 Å². The molecule has 1 aromatic carbocycles. The van der Waals surface area contributed by atoms with Crippen LogP contribution in [0, 0.1) is 0 Å². The number of ether oxygens (including phenoxy) is 1. The van der Waals surface area contributed by atoms with Crippen LogP contribution < -0.4 is 15.6 Å². The van der Waals surface area contributed by atoms with E-state index in [0.29, 0.717) is 37.2 Å². The molecule has 2 fully saturated rings. The molecule has 0 spiro atoms. The number of H-pyrrole nitrogens is 1. The largest absolute Gasteiger partial charge is 0.497 e. The van der Waals surface area contributed by atoms with Gasteiger partial charge in [-0.05, 0) is 30.5 Å². The van der Waals surface area contributed by atoms with E-state index in [1.807, 2.05) is 29.2 Å². The van der Waals surface area contributed by atoms with E-state index in [9.17, 15) is 9.59 Å². The van der Waals surface area contributed by atoms with Crippen molar-refractivity contribution in [1.29, 1.82) is 0 Å². The van der Waals surface area contributed by atoms with Crippen molar-refractivity contribution in [3.05, 3.63) is 51.9 Å². The van der Waals surface area contributed by atoms with Crippen LogP contribution in [0.25, 0.3) is 0 Å². The minimum atomic E-state index is -0.202. The van der Waals surface area contributed by atoms with Crippen molar-refractivity contribution in [3.8, 4) is 5.75 Å². The van der Waals surface area contributed by atoms with Gasteiger partial charge in [-0.1, -0.05) is 31.4 Å². The van der Waals surface area contributed by atoms with E-state index in [1.54, 1.807) is 7.11 Å². The Balaban J connectivity index is 1.45. The van der Waals surface area contributed by atoms with Gasteiger partial charge in [0.2, 0.25) is 11.9 Å². The Morgan fingerprint density at radius 2 is 2.03 bits per heavy atom. The Morgan fingerprint density at radius 3 is 2.83 bits per heavy atom. The molecule has 7 nitrogen and oxygen atoms in total. The van der Waals surface area contributed by atoms with Crippen LogP contribution in [-0.2, 0) is 11.3 Å². The lowest BCUT2D eigenvalue weighted by Crippen LogP contribution is -2.37. The van der Waals surface area contributed by atoms with E-state index in [1.165, 1.54) is 25.3 Å². The Morgan fingerprint density at radius 1 is 1.21 bits per heavy atom. The van der Waals surface area contributed by atoms with Crippen molar-refractivity contribution >= 4 is 11.9 Å². The number of hydrogen-bond acceptors (Lipinski definition) is 5. The summed E-state index contributed by atoms with van der Waals surface area (Å²) in [4.78, 5) is 34.2. The number of carbonyl (C=O) groups is 1. The number of hydrogen-bond donors (Lipinski definition) is 2. The topological polar surface area (TPSA) is 87.3 Å². The zero-order valence-electron chi connectivity index (χ0n) is 16.8. The van der Waals surface area contributed by atoms with Crippen LogP contribution in [0.5, 0.6) is 5.75 Å². The zero-order chi connectivity index (χ0) is 20.2. The van der Waals surface area contributed by atoms with E-state index in [-0.39, 0.29) is 17.4 Å². The van der Waals surface area contributed by atoms with Gasteiger partial charge in [0.1, 0.15) is 5.75 Å². The molecule has 29 heavy (non-hydrogen) atoms. The lowest BCUT2D eigenvalue weighted by atomic mass is 9.94. The number of aromatic amines is 1. The van der Waals surface area contributed by atoms with Crippen LogP contribution in [0.1, 0.15) is 55.7 Å². The number of likely N-dealkylation sites (tertiary alicyclic amines) is 1. The molecule has 2 heterocycles. The van der Waals surface area contributed by atoms with E-state index < -0.39 is 0 Å². The maximum absolute atomic E-state index is 12.6. The summed E-state index contributed by atoms with van der Waals surface area (Å²) in [7, 11) is 1.63. The van der Waals surface area contributed by atoms with Gasteiger partial charge in [-0.3, -0.25) is 14.6 Å². The summed E-state index contributed by atoms with van der Waals surface area (Å²) in [5, 5.41) is 3.18. The second-order valence-electron chi connectivity index (χ2n) is 7.96. The fraction of sp³-hybridized carbons (Fsp3) is 0.500. The fourth-order valence-corrected chi connectivity index (χ4v) is 4.41. The van der Waals surface area contributed by atoms with E-state index in [2.05, 4.69) is 15.3 Å². The standard InChI is InChI=1S/C22H28N4O3/c1-29-18-9-5-6-15(10-18)13-23-22-24-19(12-20(27)25-22)16-11-21(28)26(14-16)17-7-3-2-4-8-17/h5-6,9-10,12,16-17H,2-4,7-8,11,13-14H2,1H3,(H2,23,24,25,27)/t16-/m1/s1. The minimum Gasteiger partial charge on any atom is -0.497 e. The summed E-state index contributed by atoms with van der Waals surface area (Å²) in [6.07, 6.45) is 6.27. The van der Waals surface area contributed by atoms with Crippen LogP contribution >= 0.6 is 0 Å². The van der Waals surface area contributed by atoms with E-state index in [0.717, 1.165) is 24.2 Å². The van der Waals surface area contributed by atoms with Crippen LogP contribution in [-0.4, -0.2) is 40.5 Å². The summed E-state index contributed by atoms with van der Waals surface area (Å²) in [6, 6.07) is 9.61. The lowest BCUT2D eigenvalue weighted by Gasteiger charge is -2.31. The van der Waals surface area contributed by atoms with Gasteiger partial charge >= 0.3 is 0 Å². The van der Waals surface area contributed by atoms with Gasteiger partial charge in [0.25, 0.3) is 5.56 Å². The Kier molecular flexibility index (Phi) is 5.83. The molecule has 1 aromatic heterocycles. The van der Waals surface area contributed by atoms with Gasteiger partial charge in [0, 0.05) is 37.5 Å². The number of aromatic nitrogens is 2. The highest BCUT2D eigenvalue weighted by atomic mass is 16.5. The molecule has 1 saturated heterocycles. The molecule has 1 atom stereocenters. The average molecular weight is 396 g/mol. The highest BCUT2D eigenvalue weighted by molar-refractivity contribution is 5.80. The van der Waals surface area contributed by atoms with Gasteiger partial charge in [-0.15, -0.1) is 0 Å². The Bertz CT molecular complexity index is 920. The third-order valence-corrected chi connectivity index (χ3v) is 5.95. The quantitative estimate of drug-likeness (QED) is 0.784. The molecule has 2 aromatic rings. The lowest BCUT2D eigenvalue weighted by molar-refractivity contribution is -0.130. The van der Waals surface area contributed by atoms with E-state index >= 15 is 0 Å². The van der Waals surface area contributed by atoms with E-state index in [4.69, 9.17) is 4.74 Å². The molecule has 1 aliphatic carbocycles. The first-order valence-electron chi connectivity index (χ1n) is 10.4. The molecule has 4 rings (SSSR count). The zero-order valence-corrected chi connectivity index (χ0v) is 16.8. The molecule has 1 aliphatic heterocycles. The Hall–Kier alpha value is -2.83. The van der Waals surface area contributed by atoms with Crippen LogP contribution in [0.2, 0.25) is 0 Å². The first-order chi connectivity index (χ1) is 14.1. The second-order valence-corrected chi connectivity index (χ2v) is 7.96. The number of benzene rings is 1. The minimum absolute atomic E-state index is 0.0240. The highest BCUT2D eigenvalue weighted by Crippen LogP contribution is 2.32. The Labute approximate surface area is 170 Å². The number of rotatable bonds is 6. The molecular formula is C22H28N4O3. The molecule has 2 aliphatic rings. The first kappa shape index (κ1) is 19.5. The summed E-state index contributed by atoms with van der Waals surface area (Å²) < 4.78 is 5.24. The fourth-order valence-electron chi connectivity index (χ4n) is 4.41. The molecule has 1 amide bonds. The van der Waals surface area contributed by atoms with Crippen molar-refractivity contribution < 1.29 is 9.53 Å². The van der Waals surface area contributed by atoms with Crippen molar-refractivity contribution in [2.24, 2.45) is 0 Å². The van der Waals surface area contributed by atoms with Gasteiger partial charge in [0.15, 0.2) is 0 Å². The number of methoxy groups -OCH3 is 1. The molecule has 0 bridgehead atoms. The maximum atomic E-state index is 12.6. The summed E-state index contributed by atoms with van der Waals surface area (Å²) in [5.41, 5.74) is 1.51. The van der Waals surface area contributed by atoms with Crippen molar-refractivity contribution in [3.63, 3.8) is 0 Å². The van der Waals surface area contributed by atoms with Gasteiger partial charge < -0.3 is 15.0 Å². The number of amides is 1. The van der Waals surface area contributed by atoms with Crippen molar-refractivity contribution in [2.45, 2.75) is 57.0 Å². The summed E-state index contributed by atoms with van der Waals surface area (Å²) in [5.74, 6) is 1.38. The van der Waals surface area contributed by atoms with Crippen molar-refractivity contribution in [1.82, 2.24) is 14.9 Å². The predicted molar refractivity (Wildman–Crippen MR) is 111 cm³/mol. The summed E-state index contributed by atoms with van der Waals surface area (Å²) >= 11 is 0. The van der Waals surface area contributed by atoms with Gasteiger partial charge in [0.05, 0.1) is 12.8 Å². The van der Waals surface area contributed by atoms with Crippen LogP contribution in [0.15, 0.2) is 35.1 Å². The van der Waals surface area contributed by atoms with Gasteiger partial charge in [-0.2, -0.15) is 0 Å². The molecule has 1 saturated carbocycles. The average Bonchev–Trinajstić information content (AvgIpc) is 3.14. The predicted octanol–water partition coefficient (Wildman–Crippen LogP) is 3.04. The SMILES string of the molecule is COc1cccc(CNc2nc([C@@H]3CC(=O)N(C4CCCCC4)C3)cc(=O)[nH]2)c1.